The van der Waals surface area contributed by atoms with Crippen LogP contribution >= 0.6 is 0 Å². The van der Waals surface area contributed by atoms with Gasteiger partial charge in [0.1, 0.15) is 11.6 Å². The van der Waals surface area contributed by atoms with Gasteiger partial charge in [0.25, 0.3) is 0 Å². The van der Waals surface area contributed by atoms with Crippen molar-refractivity contribution in [3.05, 3.63) is 210 Å². The molecule has 0 atom stereocenters. The summed E-state index contributed by atoms with van der Waals surface area (Å²) in [6.07, 6.45) is 1.97. The van der Waals surface area contributed by atoms with E-state index in [1.165, 1.54) is 49.7 Å². The molecule has 0 radical (unpaired) electrons. The topological polar surface area (TPSA) is 55.9 Å². The molecule has 5 heteroatoms. The highest BCUT2D eigenvalue weighted by atomic mass is 16.3. The van der Waals surface area contributed by atoms with E-state index >= 15 is 0 Å². The molecule has 0 amide bonds. The van der Waals surface area contributed by atoms with Crippen LogP contribution in [-0.2, 0) is 21.7 Å². The van der Waals surface area contributed by atoms with Crippen molar-refractivity contribution >= 4 is 32.8 Å². The zero-order valence-corrected chi connectivity index (χ0v) is 45.6. The number of phenols is 1. The van der Waals surface area contributed by atoms with Crippen LogP contribution in [0, 0.1) is 0 Å². The van der Waals surface area contributed by atoms with Gasteiger partial charge in [-0.05, 0) is 133 Å². The SMILES string of the molecule is CC(C)(C)c1cc(-c2cc(-c3cccc4c5ccccc5n(-c5cc(C(C)(C)C)cc(C(C)(C)C)c5)c34)ccn2)cc(-c2cccc3c2nc(-c2ccccc2O)n3-c2ccc(C(C)(C)C)cc2-c2ccccc2)c1. The Balaban J connectivity index is 1.12. The Morgan fingerprint density at radius 2 is 0.973 bits per heavy atom. The lowest BCUT2D eigenvalue weighted by atomic mass is 9.80. The monoisotopic (exact) mass is 981 g/mol. The number of aromatic nitrogens is 4. The summed E-state index contributed by atoms with van der Waals surface area (Å²) in [5.41, 5.74) is 20.1. The van der Waals surface area contributed by atoms with E-state index in [0.717, 1.165) is 61.4 Å². The largest absolute Gasteiger partial charge is 0.507 e. The highest BCUT2D eigenvalue weighted by molar-refractivity contribution is 6.14. The van der Waals surface area contributed by atoms with Crippen LogP contribution in [0.1, 0.15) is 105 Å². The number of rotatable bonds is 7. The van der Waals surface area contributed by atoms with Gasteiger partial charge in [0.15, 0.2) is 0 Å². The van der Waals surface area contributed by atoms with Crippen LogP contribution < -0.4 is 0 Å². The van der Waals surface area contributed by atoms with Gasteiger partial charge in [-0.2, -0.15) is 0 Å². The number of hydrogen-bond donors (Lipinski definition) is 1. The molecule has 0 saturated carbocycles. The Morgan fingerprint density at radius 1 is 0.387 bits per heavy atom. The van der Waals surface area contributed by atoms with Crippen molar-refractivity contribution in [2.75, 3.05) is 0 Å². The van der Waals surface area contributed by atoms with Gasteiger partial charge in [-0.25, -0.2) is 4.98 Å². The highest BCUT2D eigenvalue weighted by Gasteiger charge is 2.27. The average Bonchev–Trinajstić information content (AvgIpc) is 3.94. The Hall–Kier alpha value is -8.02. The summed E-state index contributed by atoms with van der Waals surface area (Å²) in [7, 11) is 0. The molecule has 0 aliphatic rings. The molecular formula is C70H68N4O. The van der Waals surface area contributed by atoms with E-state index in [4.69, 9.17) is 9.97 Å². The van der Waals surface area contributed by atoms with E-state index in [2.05, 4.69) is 250 Å². The van der Waals surface area contributed by atoms with Gasteiger partial charge in [0.05, 0.1) is 39.0 Å². The molecule has 0 bridgehead atoms. The van der Waals surface area contributed by atoms with Crippen molar-refractivity contribution in [3.63, 3.8) is 0 Å². The summed E-state index contributed by atoms with van der Waals surface area (Å²) >= 11 is 0. The maximum Gasteiger partial charge on any atom is 0.149 e. The lowest BCUT2D eigenvalue weighted by molar-refractivity contribution is 0.477. The van der Waals surface area contributed by atoms with Crippen molar-refractivity contribution in [1.82, 2.24) is 19.1 Å². The van der Waals surface area contributed by atoms with Gasteiger partial charge in [-0.15, -0.1) is 0 Å². The lowest BCUT2D eigenvalue weighted by Gasteiger charge is -2.27. The number of pyridine rings is 1. The van der Waals surface area contributed by atoms with E-state index in [1.54, 1.807) is 6.07 Å². The van der Waals surface area contributed by atoms with Crippen molar-refractivity contribution in [3.8, 4) is 73.2 Å². The molecule has 0 aliphatic carbocycles. The highest BCUT2D eigenvalue weighted by Crippen LogP contribution is 2.45. The molecule has 0 fully saturated rings. The van der Waals surface area contributed by atoms with Gasteiger partial charge in [0, 0.05) is 44.9 Å². The third-order valence-corrected chi connectivity index (χ3v) is 15.1. The molecule has 75 heavy (non-hydrogen) atoms. The molecule has 3 aromatic heterocycles. The summed E-state index contributed by atoms with van der Waals surface area (Å²) in [6.45, 7) is 27.4. The second kappa shape index (κ2) is 18.1. The molecule has 8 aromatic carbocycles. The molecule has 0 unspecified atom stereocenters. The first-order valence-corrected chi connectivity index (χ1v) is 26.4. The third-order valence-electron chi connectivity index (χ3n) is 15.1. The van der Waals surface area contributed by atoms with Crippen LogP contribution in [0.15, 0.2) is 188 Å². The smallest absolute Gasteiger partial charge is 0.149 e. The first kappa shape index (κ1) is 49.2. The molecule has 11 aromatic rings. The average molecular weight is 981 g/mol. The number of para-hydroxylation sites is 4. The first-order valence-electron chi connectivity index (χ1n) is 26.4. The summed E-state index contributed by atoms with van der Waals surface area (Å²) in [5, 5.41) is 14.0. The number of benzene rings is 8. The van der Waals surface area contributed by atoms with Crippen LogP contribution in [0.3, 0.4) is 0 Å². The van der Waals surface area contributed by atoms with E-state index < -0.39 is 0 Å². The number of imidazole rings is 1. The van der Waals surface area contributed by atoms with Gasteiger partial charge in [0.2, 0.25) is 0 Å². The minimum atomic E-state index is -0.184. The summed E-state index contributed by atoms with van der Waals surface area (Å²) in [6, 6.07) is 65.5. The number of nitrogens with zero attached hydrogens (tertiary/aromatic N) is 4. The molecule has 0 aliphatic heterocycles. The predicted octanol–water partition coefficient (Wildman–Crippen LogP) is 18.7. The second-order valence-corrected chi connectivity index (χ2v) is 24.6. The molecule has 5 nitrogen and oxygen atoms in total. The first-order chi connectivity index (χ1) is 35.6. The van der Waals surface area contributed by atoms with E-state index in [0.29, 0.717) is 11.4 Å². The Bertz CT molecular complexity index is 3960. The van der Waals surface area contributed by atoms with Gasteiger partial charge in [-0.1, -0.05) is 192 Å². The lowest BCUT2D eigenvalue weighted by Crippen LogP contribution is -2.17. The number of hydrogen-bond acceptors (Lipinski definition) is 3. The maximum absolute atomic E-state index is 11.6. The summed E-state index contributed by atoms with van der Waals surface area (Å²) in [5.74, 6) is 0.847. The van der Waals surface area contributed by atoms with Crippen LogP contribution in [0.4, 0.5) is 0 Å². The summed E-state index contributed by atoms with van der Waals surface area (Å²) < 4.78 is 4.74. The fourth-order valence-corrected chi connectivity index (χ4v) is 10.7. The van der Waals surface area contributed by atoms with Gasteiger partial charge in [-0.3, -0.25) is 9.55 Å². The number of aromatic hydroxyl groups is 1. The van der Waals surface area contributed by atoms with Crippen molar-refractivity contribution in [2.24, 2.45) is 0 Å². The van der Waals surface area contributed by atoms with E-state index in [9.17, 15) is 5.11 Å². The van der Waals surface area contributed by atoms with Gasteiger partial charge < -0.3 is 9.67 Å². The molecule has 1 N–H and O–H groups in total. The molecular weight excluding hydrogens is 913 g/mol. The number of fused-ring (bicyclic) bond motifs is 4. The van der Waals surface area contributed by atoms with Crippen LogP contribution in [0.2, 0.25) is 0 Å². The Labute approximate surface area is 443 Å². The van der Waals surface area contributed by atoms with Crippen LogP contribution in [0.25, 0.3) is 100 Å². The van der Waals surface area contributed by atoms with Crippen molar-refractivity contribution in [2.45, 2.75) is 105 Å². The fraction of sp³-hybridized carbons (Fsp3) is 0.229. The molecule has 0 saturated heterocycles. The van der Waals surface area contributed by atoms with E-state index in [1.807, 2.05) is 24.4 Å². The normalized spacial score (nSPS) is 12.6. The van der Waals surface area contributed by atoms with Crippen LogP contribution in [-0.4, -0.2) is 24.2 Å². The quantitative estimate of drug-likeness (QED) is 0.173. The van der Waals surface area contributed by atoms with E-state index in [-0.39, 0.29) is 27.4 Å². The molecule has 0 spiro atoms. The van der Waals surface area contributed by atoms with Gasteiger partial charge >= 0.3 is 0 Å². The third kappa shape index (κ3) is 9.03. The minimum absolute atomic E-state index is 0.0407. The predicted molar refractivity (Wildman–Crippen MR) is 317 cm³/mol. The zero-order chi connectivity index (χ0) is 52.8. The summed E-state index contributed by atoms with van der Waals surface area (Å²) in [4.78, 5) is 10.7. The van der Waals surface area contributed by atoms with Crippen molar-refractivity contribution < 1.29 is 5.11 Å². The molecule has 11 rings (SSSR count). The Kier molecular flexibility index (Phi) is 11.9. The Morgan fingerprint density at radius 3 is 1.68 bits per heavy atom. The fourth-order valence-electron chi connectivity index (χ4n) is 10.7. The zero-order valence-electron chi connectivity index (χ0n) is 45.6. The maximum atomic E-state index is 11.6. The molecule has 3 heterocycles. The minimum Gasteiger partial charge on any atom is -0.507 e. The second-order valence-electron chi connectivity index (χ2n) is 24.6. The standard InChI is InChI=1S/C70H68N4O/c1-67(2,3)48-32-33-61(58(43-48)44-22-14-13-15-23-44)74-62-30-21-26-53(64(62)72-66(74)57-25-17-19-31-63(57)75)46-36-47(38-49(37-46)68(4,5)6)59-39-45(34-35-71-59)54-27-20-28-56-55-24-16-18-29-60(55)73(65(54)56)52-41-50(69(7,8)9)40-51(42-52)70(10,11)12/h13-43,75H,1-12H3. The number of phenolic OH excluding ortho intramolecular Hbond substituents is 1. The van der Waals surface area contributed by atoms with Crippen molar-refractivity contribution in [1.29, 1.82) is 0 Å². The molecule has 374 valence electrons. The van der Waals surface area contributed by atoms with Crippen LogP contribution in [0.5, 0.6) is 5.75 Å².